The zero-order chi connectivity index (χ0) is 14.1. The van der Waals surface area contributed by atoms with Crippen molar-refractivity contribution in [1.82, 2.24) is 25.5 Å². The maximum absolute atomic E-state index is 12.2. The summed E-state index contributed by atoms with van der Waals surface area (Å²) in [7, 11) is 0. The second-order valence-electron chi connectivity index (χ2n) is 4.13. The summed E-state index contributed by atoms with van der Waals surface area (Å²) in [4.78, 5) is 19.2. The molecule has 3 N–H and O–H groups in total. The van der Waals surface area contributed by atoms with Crippen LogP contribution in [0.1, 0.15) is 16.2 Å². The van der Waals surface area contributed by atoms with Crippen LogP contribution in [0, 0.1) is 0 Å². The van der Waals surface area contributed by atoms with Crippen molar-refractivity contribution >= 4 is 48.7 Å². The topological polar surface area (TPSA) is 86.5 Å². The smallest absolute Gasteiger partial charge is 0.253 e. The van der Waals surface area contributed by atoms with Crippen molar-refractivity contribution in [2.24, 2.45) is 0 Å². The lowest BCUT2D eigenvalue weighted by Gasteiger charge is -2.02. The van der Waals surface area contributed by atoms with Crippen molar-refractivity contribution in [2.45, 2.75) is 6.54 Å². The zero-order valence-electron chi connectivity index (χ0n) is 10.1. The number of nitrogens with zero attached hydrogens (tertiary/aromatic N) is 2. The summed E-state index contributed by atoms with van der Waals surface area (Å²) in [6.07, 6.45) is 3.10. The number of hydrogen-bond acceptors (Lipinski definition) is 3. The molecule has 0 radical (unpaired) electrons. The Bertz CT molecular complexity index is 766. The fraction of sp³-hybridized carbons (Fsp3) is 0.0833. The number of fused-ring (bicyclic) bond motifs is 1. The predicted molar refractivity (Wildman–Crippen MR) is 81.3 cm³/mol. The highest BCUT2D eigenvalue weighted by Gasteiger charge is 2.13. The number of aromatic nitrogens is 4. The highest BCUT2D eigenvalue weighted by Crippen LogP contribution is 2.29. The molecule has 2 aromatic heterocycles. The largest absolute Gasteiger partial charge is 0.360 e. The third-order valence-corrected chi connectivity index (χ3v) is 4.69. The number of carbonyl (C=O) groups excluding carboxylic acids is 1. The molecule has 0 atom stereocenters. The van der Waals surface area contributed by atoms with Gasteiger partial charge in [-0.05, 0) is 44.0 Å². The second-order valence-corrected chi connectivity index (χ2v) is 5.84. The lowest BCUT2D eigenvalue weighted by Crippen LogP contribution is -2.23. The van der Waals surface area contributed by atoms with Gasteiger partial charge in [0.25, 0.3) is 5.91 Å². The normalized spacial score (nSPS) is 10.9. The van der Waals surface area contributed by atoms with Gasteiger partial charge in [0.05, 0.1) is 12.1 Å². The van der Waals surface area contributed by atoms with Gasteiger partial charge in [-0.2, -0.15) is 5.10 Å². The summed E-state index contributed by atoms with van der Waals surface area (Å²) in [6.45, 7) is 0.309. The lowest BCUT2D eigenvalue weighted by molar-refractivity contribution is 0.0951. The SMILES string of the molecule is O=C(NCc1ncn[nH]1)c1c[nH]c2cc(Br)c(Br)cc12. The summed E-state index contributed by atoms with van der Waals surface area (Å²) in [5.74, 6) is 0.448. The number of halogens is 2. The van der Waals surface area contributed by atoms with Crippen LogP contribution in [0.3, 0.4) is 0 Å². The van der Waals surface area contributed by atoms with Crippen LogP contribution in [0.25, 0.3) is 10.9 Å². The van der Waals surface area contributed by atoms with Gasteiger partial charge >= 0.3 is 0 Å². The van der Waals surface area contributed by atoms with Gasteiger partial charge in [-0.1, -0.05) is 0 Å². The maximum atomic E-state index is 12.2. The first-order valence-electron chi connectivity index (χ1n) is 5.73. The van der Waals surface area contributed by atoms with Gasteiger partial charge in [0.1, 0.15) is 12.2 Å². The molecule has 0 fully saturated rings. The highest BCUT2D eigenvalue weighted by atomic mass is 79.9. The second kappa shape index (κ2) is 5.37. The summed E-state index contributed by atoms with van der Waals surface area (Å²) in [5.41, 5.74) is 1.48. The molecule has 0 saturated carbocycles. The van der Waals surface area contributed by atoms with Crippen molar-refractivity contribution in [3.05, 3.63) is 45.0 Å². The fourth-order valence-corrected chi connectivity index (χ4v) is 2.57. The molecule has 20 heavy (non-hydrogen) atoms. The Labute approximate surface area is 130 Å². The molecular weight excluding hydrogens is 390 g/mol. The molecule has 2 heterocycles. The van der Waals surface area contributed by atoms with Gasteiger partial charge in [-0.15, -0.1) is 0 Å². The molecule has 102 valence electrons. The number of H-pyrrole nitrogens is 2. The number of hydrogen-bond donors (Lipinski definition) is 3. The molecule has 1 aromatic carbocycles. The van der Waals surface area contributed by atoms with Crippen LogP contribution < -0.4 is 5.32 Å². The van der Waals surface area contributed by atoms with E-state index < -0.39 is 0 Å². The molecule has 3 aromatic rings. The Morgan fingerprint density at radius 1 is 1.30 bits per heavy atom. The molecule has 0 unspecified atom stereocenters. The molecule has 6 nitrogen and oxygen atoms in total. The Balaban J connectivity index is 1.86. The van der Waals surface area contributed by atoms with Crippen LogP contribution in [0.5, 0.6) is 0 Å². The molecule has 0 aliphatic heterocycles. The van der Waals surface area contributed by atoms with Gasteiger partial charge < -0.3 is 10.3 Å². The number of amides is 1. The summed E-state index contributed by atoms with van der Waals surface area (Å²) in [6, 6.07) is 3.83. The van der Waals surface area contributed by atoms with Crippen LogP contribution in [0.2, 0.25) is 0 Å². The molecule has 8 heteroatoms. The van der Waals surface area contributed by atoms with Crippen molar-refractivity contribution in [3.63, 3.8) is 0 Å². The minimum Gasteiger partial charge on any atom is -0.360 e. The number of benzene rings is 1. The number of aromatic amines is 2. The molecular formula is C12H9Br2N5O. The molecule has 1 amide bonds. The van der Waals surface area contributed by atoms with E-state index in [2.05, 4.69) is 57.3 Å². The van der Waals surface area contributed by atoms with Crippen LogP contribution in [-0.2, 0) is 6.54 Å². The Kier molecular flexibility index (Phi) is 3.58. The first kappa shape index (κ1) is 13.3. The average molecular weight is 399 g/mol. The van der Waals surface area contributed by atoms with E-state index >= 15 is 0 Å². The third-order valence-electron chi connectivity index (χ3n) is 2.85. The van der Waals surface area contributed by atoms with Gasteiger partial charge in [0, 0.05) is 26.0 Å². The van der Waals surface area contributed by atoms with Crippen LogP contribution in [-0.4, -0.2) is 26.1 Å². The Morgan fingerprint density at radius 2 is 2.10 bits per heavy atom. The average Bonchev–Trinajstić information content (AvgIpc) is 3.06. The van der Waals surface area contributed by atoms with Gasteiger partial charge in [0.15, 0.2) is 0 Å². The Hall–Kier alpha value is -1.67. The van der Waals surface area contributed by atoms with E-state index in [1.165, 1.54) is 6.33 Å². The van der Waals surface area contributed by atoms with E-state index in [9.17, 15) is 4.79 Å². The summed E-state index contributed by atoms with van der Waals surface area (Å²) < 4.78 is 1.83. The van der Waals surface area contributed by atoms with Gasteiger partial charge in [0.2, 0.25) is 0 Å². The first-order chi connectivity index (χ1) is 9.65. The summed E-state index contributed by atoms with van der Waals surface area (Å²) in [5, 5.41) is 10.1. The van der Waals surface area contributed by atoms with Gasteiger partial charge in [-0.25, -0.2) is 4.98 Å². The van der Waals surface area contributed by atoms with E-state index in [-0.39, 0.29) is 5.91 Å². The van der Waals surface area contributed by atoms with Crippen molar-refractivity contribution < 1.29 is 4.79 Å². The van der Waals surface area contributed by atoms with Crippen molar-refractivity contribution in [3.8, 4) is 0 Å². The molecule has 0 aliphatic rings. The molecule has 3 rings (SSSR count). The molecule has 0 aliphatic carbocycles. The molecule has 0 spiro atoms. The standard InChI is InChI=1S/C12H9Br2N5O/c13-8-1-6-7(3-15-10(6)2-9(8)14)12(20)16-4-11-17-5-18-19-11/h1-3,5,15H,4H2,(H,16,20)(H,17,18,19). The summed E-state index contributed by atoms with van der Waals surface area (Å²) >= 11 is 6.87. The van der Waals surface area contributed by atoms with E-state index in [1.54, 1.807) is 6.20 Å². The van der Waals surface area contributed by atoms with E-state index in [4.69, 9.17) is 0 Å². The van der Waals surface area contributed by atoms with Crippen LogP contribution in [0.4, 0.5) is 0 Å². The van der Waals surface area contributed by atoms with E-state index in [0.717, 1.165) is 19.8 Å². The number of nitrogens with one attached hydrogen (secondary N) is 3. The van der Waals surface area contributed by atoms with Crippen LogP contribution in [0.15, 0.2) is 33.6 Å². The minimum absolute atomic E-state index is 0.165. The molecule has 0 bridgehead atoms. The lowest BCUT2D eigenvalue weighted by atomic mass is 10.1. The highest BCUT2D eigenvalue weighted by molar-refractivity contribution is 9.13. The van der Waals surface area contributed by atoms with E-state index in [0.29, 0.717) is 17.9 Å². The fourth-order valence-electron chi connectivity index (χ4n) is 1.88. The first-order valence-corrected chi connectivity index (χ1v) is 7.32. The maximum Gasteiger partial charge on any atom is 0.253 e. The van der Waals surface area contributed by atoms with E-state index in [1.807, 2.05) is 12.1 Å². The predicted octanol–water partition coefficient (Wildman–Crippen LogP) is 2.74. The van der Waals surface area contributed by atoms with Crippen molar-refractivity contribution in [2.75, 3.05) is 0 Å². The van der Waals surface area contributed by atoms with Crippen molar-refractivity contribution in [1.29, 1.82) is 0 Å². The quantitative estimate of drug-likeness (QED) is 0.633. The number of rotatable bonds is 3. The van der Waals surface area contributed by atoms with Gasteiger partial charge in [-0.3, -0.25) is 9.89 Å². The zero-order valence-corrected chi connectivity index (χ0v) is 13.2. The molecule has 0 saturated heterocycles. The third kappa shape index (κ3) is 2.48. The Morgan fingerprint density at radius 3 is 2.85 bits per heavy atom. The monoisotopic (exact) mass is 397 g/mol. The minimum atomic E-state index is -0.165. The number of carbonyl (C=O) groups is 1. The van der Waals surface area contributed by atoms with Crippen LogP contribution >= 0.6 is 31.9 Å².